The van der Waals surface area contributed by atoms with E-state index < -0.39 is 5.54 Å². The van der Waals surface area contributed by atoms with Gasteiger partial charge in [-0.3, -0.25) is 4.39 Å². The molecule has 0 aliphatic carbocycles. The summed E-state index contributed by atoms with van der Waals surface area (Å²) < 4.78 is 12.1. The fraction of sp³-hybridized carbons (Fsp3) is 0.667. The first-order chi connectivity index (χ1) is 6.08. The molecule has 1 rings (SSSR count). The van der Waals surface area contributed by atoms with E-state index in [0.29, 0.717) is 18.7 Å². The van der Waals surface area contributed by atoms with Gasteiger partial charge in [-0.1, -0.05) is 6.92 Å². The Morgan fingerprint density at radius 2 is 2.46 bits per heavy atom. The molecule has 3 nitrogen and oxygen atoms in total. The molecule has 2 atom stereocenters. The maximum Gasteiger partial charge on any atom is 0.101 e. The minimum Gasteiger partial charge on any atom is -0.387 e. The van der Waals surface area contributed by atoms with Gasteiger partial charge < -0.3 is 11.5 Å². The molecule has 0 amide bonds. The van der Waals surface area contributed by atoms with Gasteiger partial charge >= 0.3 is 0 Å². The highest BCUT2D eigenvalue weighted by Crippen LogP contribution is 2.25. The molecule has 4 N–H and O–H groups in total. The highest BCUT2D eigenvalue weighted by molar-refractivity contribution is 5.83. The fourth-order valence-electron chi connectivity index (χ4n) is 1.46. The highest BCUT2D eigenvalue weighted by Gasteiger charge is 2.31. The Bertz CT molecular complexity index is 237. The SMILES string of the molecule is CC(CCF)C1(N)C=CN=C(N)C1. The zero-order valence-electron chi connectivity index (χ0n) is 7.83. The monoisotopic (exact) mass is 185 g/mol. The number of halogens is 1. The van der Waals surface area contributed by atoms with Crippen molar-refractivity contribution < 1.29 is 4.39 Å². The number of rotatable bonds is 3. The smallest absolute Gasteiger partial charge is 0.101 e. The molecule has 4 heteroatoms. The summed E-state index contributed by atoms with van der Waals surface area (Å²) in [4.78, 5) is 3.91. The van der Waals surface area contributed by atoms with Crippen LogP contribution in [0.2, 0.25) is 0 Å². The van der Waals surface area contributed by atoms with Crippen LogP contribution in [0.1, 0.15) is 19.8 Å². The number of hydrogen-bond acceptors (Lipinski definition) is 3. The summed E-state index contributed by atoms with van der Waals surface area (Å²) in [6.07, 6.45) is 4.40. The second kappa shape index (κ2) is 3.87. The van der Waals surface area contributed by atoms with Crippen molar-refractivity contribution in [2.75, 3.05) is 6.67 Å². The summed E-state index contributed by atoms with van der Waals surface area (Å²) in [6.45, 7) is 1.59. The minimum absolute atomic E-state index is 0.0859. The van der Waals surface area contributed by atoms with E-state index in [-0.39, 0.29) is 12.6 Å². The Hall–Kier alpha value is -0.900. The molecule has 2 unspecified atom stereocenters. The molecule has 13 heavy (non-hydrogen) atoms. The van der Waals surface area contributed by atoms with Gasteiger partial charge in [-0.2, -0.15) is 0 Å². The summed E-state index contributed by atoms with van der Waals surface area (Å²) in [5.41, 5.74) is 11.1. The quantitative estimate of drug-likeness (QED) is 0.687. The topological polar surface area (TPSA) is 64.4 Å². The van der Waals surface area contributed by atoms with E-state index in [1.807, 2.05) is 13.0 Å². The molecule has 0 spiro atoms. The van der Waals surface area contributed by atoms with Crippen LogP contribution in [0.4, 0.5) is 4.39 Å². The van der Waals surface area contributed by atoms with Crippen molar-refractivity contribution in [2.45, 2.75) is 25.3 Å². The highest BCUT2D eigenvalue weighted by atomic mass is 19.1. The molecule has 1 aliphatic heterocycles. The first-order valence-electron chi connectivity index (χ1n) is 4.43. The van der Waals surface area contributed by atoms with Crippen LogP contribution in [-0.4, -0.2) is 18.0 Å². The molecular formula is C9H16FN3. The van der Waals surface area contributed by atoms with Gasteiger partial charge in [-0.15, -0.1) is 0 Å². The third kappa shape index (κ3) is 2.28. The van der Waals surface area contributed by atoms with Gasteiger partial charge in [0.2, 0.25) is 0 Å². The van der Waals surface area contributed by atoms with Crippen LogP contribution in [0.5, 0.6) is 0 Å². The van der Waals surface area contributed by atoms with Gasteiger partial charge in [-0.25, -0.2) is 4.99 Å². The lowest BCUT2D eigenvalue weighted by Crippen LogP contribution is -2.48. The molecule has 74 valence electrons. The lowest BCUT2D eigenvalue weighted by Gasteiger charge is -2.33. The van der Waals surface area contributed by atoms with Crippen molar-refractivity contribution in [1.82, 2.24) is 0 Å². The summed E-state index contributed by atoms with van der Waals surface area (Å²) >= 11 is 0. The number of nitrogens with zero attached hydrogens (tertiary/aromatic N) is 1. The van der Waals surface area contributed by atoms with Gasteiger partial charge in [-0.05, 0) is 18.4 Å². The number of aliphatic imine (C=N–C) groups is 1. The zero-order valence-corrected chi connectivity index (χ0v) is 7.83. The van der Waals surface area contributed by atoms with Gasteiger partial charge in [0.15, 0.2) is 0 Å². The average molecular weight is 185 g/mol. The molecule has 0 bridgehead atoms. The van der Waals surface area contributed by atoms with Crippen molar-refractivity contribution in [1.29, 1.82) is 0 Å². The lowest BCUT2D eigenvalue weighted by molar-refractivity contribution is 0.306. The second-order valence-corrected chi connectivity index (χ2v) is 3.60. The van der Waals surface area contributed by atoms with Crippen molar-refractivity contribution in [3.63, 3.8) is 0 Å². The number of amidine groups is 1. The summed E-state index contributed by atoms with van der Waals surface area (Å²) in [7, 11) is 0. The predicted molar refractivity (Wildman–Crippen MR) is 52.1 cm³/mol. The maximum absolute atomic E-state index is 12.1. The first-order valence-corrected chi connectivity index (χ1v) is 4.43. The van der Waals surface area contributed by atoms with Gasteiger partial charge in [0.05, 0.1) is 6.67 Å². The third-order valence-electron chi connectivity index (χ3n) is 2.57. The van der Waals surface area contributed by atoms with E-state index in [1.165, 1.54) is 0 Å². The van der Waals surface area contributed by atoms with Gasteiger partial charge in [0, 0.05) is 18.2 Å². The number of hydrogen-bond donors (Lipinski definition) is 2. The Morgan fingerprint density at radius 1 is 1.77 bits per heavy atom. The zero-order chi connectivity index (χ0) is 9.90. The third-order valence-corrected chi connectivity index (χ3v) is 2.57. The van der Waals surface area contributed by atoms with Crippen molar-refractivity contribution >= 4 is 5.84 Å². The molecule has 1 aliphatic rings. The van der Waals surface area contributed by atoms with E-state index in [4.69, 9.17) is 11.5 Å². The first kappa shape index (κ1) is 10.2. The second-order valence-electron chi connectivity index (χ2n) is 3.60. The van der Waals surface area contributed by atoms with Crippen LogP contribution in [-0.2, 0) is 0 Å². The molecule has 0 radical (unpaired) electrons. The Kier molecular flexibility index (Phi) is 3.03. The Labute approximate surface area is 77.7 Å². The average Bonchev–Trinajstić information content (AvgIpc) is 2.04. The van der Waals surface area contributed by atoms with Crippen LogP contribution in [0.3, 0.4) is 0 Å². The van der Waals surface area contributed by atoms with Crippen molar-refractivity contribution in [3.05, 3.63) is 12.3 Å². The Morgan fingerprint density at radius 3 is 3.00 bits per heavy atom. The normalized spacial score (nSPS) is 29.9. The molecule has 0 aromatic rings. The number of alkyl halides is 1. The van der Waals surface area contributed by atoms with Crippen LogP contribution in [0, 0.1) is 5.92 Å². The fourth-order valence-corrected chi connectivity index (χ4v) is 1.46. The summed E-state index contributed by atoms with van der Waals surface area (Å²) in [5, 5.41) is 0. The molecule has 1 heterocycles. The van der Waals surface area contributed by atoms with Crippen LogP contribution in [0.15, 0.2) is 17.3 Å². The molecular weight excluding hydrogens is 169 g/mol. The van der Waals surface area contributed by atoms with E-state index in [9.17, 15) is 4.39 Å². The molecule has 0 aromatic carbocycles. The summed E-state index contributed by atoms with van der Waals surface area (Å²) in [5.74, 6) is 0.610. The van der Waals surface area contributed by atoms with E-state index >= 15 is 0 Å². The van der Waals surface area contributed by atoms with Gasteiger partial charge in [0.1, 0.15) is 5.84 Å². The van der Waals surface area contributed by atoms with Crippen LogP contribution >= 0.6 is 0 Å². The molecule has 0 aromatic heterocycles. The van der Waals surface area contributed by atoms with Crippen LogP contribution in [0.25, 0.3) is 0 Å². The maximum atomic E-state index is 12.1. The standard InChI is InChI=1S/C9H16FN3/c1-7(2-4-10)9(12)3-5-13-8(11)6-9/h3,5,7H,2,4,6,12H2,1H3,(H2,11,13). The van der Waals surface area contributed by atoms with Gasteiger partial charge in [0.25, 0.3) is 0 Å². The minimum atomic E-state index is -0.516. The lowest BCUT2D eigenvalue weighted by atomic mass is 9.80. The van der Waals surface area contributed by atoms with E-state index in [2.05, 4.69) is 4.99 Å². The van der Waals surface area contributed by atoms with E-state index in [1.54, 1.807) is 6.20 Å². The molecule has 0 saturated heterocycles. The molecule has 0 saturated carbocycles. The van der Waals surface area contributed by atoms with Crippen molar-refractivity contribution in [3.8, 4) is 0 Å². The largest absolute Gasteiger partial charge is 0.387 e. The predicted octanol–water partition coefficient (Wildman–Crippen LogP) is 0.954. The van der Waals surface area contributed by atoms with E-state index in [0.717, 1.165) is 0 Å². The number of nitrogens with two attached hydrogens (primary N) is 2. The summed E-state index contributed by atoms with van der Waals surface area (Å²) in [6, 6.07) is 0. The molecule has 0 fully saturated rings. The van der Waals surface area contributed by atoms with Crippen LogP contribution < -0.4 is 11.5 Å². The van der Waals surface area contributed by atoms with Crippen molar-refractivity contribution in [2.24, 2.45) is 22.4 Å². The Balaban J connectivity index is 2.67.